The Labute approximate surface area is 534 Å². The summed E-state index contributed by atoms with van der Waals surface area (Å²) in [6.45, 7) is 0. The van der Waals surface area contributed by atoms with Crippen LogP contribution in [-0.4, -0.2) is 41.6 Å². The zero-order chi connectivity index (χ0) is 60.9. The van der Waals surface area contributed by atoms with E-state index in [2.05, 4.69) is 353 Å². The lowest BCUT2D eigenvalue weighted by molar-refractivity contribution is -0.790. The molecular formula is C81H52N12+2. The van der Waals surface area contributed by atoms with E-state index in [0.29, 0.717) is 0 Å². The number of rotatable bonds is 12. The molecule has 0 radical (unpaired) electrons. The summed E-state index contributed by atoms with van der Waals surface area (Å²) < 4.78 is 9.61. The topological polar surface area (TPSA) is 78.3 Å². The fourth-order valence-electron chi connectivity index (χ4n) is 15.0. The number of hydrogen-bond acceptors (Lipinski definition) is 8. The standard InChI is InChI=1S/C81H52N12/c1-9-25-53(26-10-1)86(54-27-11-2-12-28-54)61-41-45-65-69(49-61)77-82-74-66-46-42-62(87(55-29-13-3-14-30-55)56-31-15-4-16-32-56)50-70(66)79-84-76-68-48-44-64(89(59-37-21-7-22-38-59)60-39-23-8-24-40-60)52-72(68)80-85-75-67-47-43-63(88(57-33-17-5-18-34-57)58-35-19-6-20-36-58)51-71(67)78-83-73(65)90(77)81(91(74)79,92(75)78)93(76)80/h1-52H/q+2. The van der Waals surface area contributed by atoms with Crippen LogP contribution in [0.15, 0.2) is 335 Å². The molecule has 93 heavy (non-hydrogen) atoms. The van der Waals surface area contributed by atoms with Crippen molar-refractivity contribution < 1.29 is 9.15 Å². The first-order chi connectivity index (χ1) is 46.2. The molecule has 0 bridgehead atoms. The number of benzene rings is 12. The molecule has 12 aromatic carbocycles. The van der Waals surface area contributed by atoms with E-state index in [1.165, 1.54) is 0 Å². The molecule has 0 saturated carbocycles. The number of aromatic nitrogens is 2. The van der Waals surface area contributed by atoms with Crippen LogP contribution in [0, 0.1) is 0 Å². The molecule has 6 aliphatic heterocycles. The minimum atomic E-state index is -1.32. The smallest absolute Gasteiger partial charge is 0.310 e. The van der Waals surface area contributed by atoms with Gasteiger partial charge < -0.3 is 19.6 Å². The maximum atomic E-state index is 6.02. The maximum absolute atomic E-state index is 6.02. The van der Waals surface area contributed by atoms with Crippen LogP contribution in [0.5, 0.6) is 0 Å². The Hall–Kier alpha value is -12.8. The number of amidine groups is 4. The van der Waals surface area contributed by atoms with Gasteiger partial charge in [-0.2, -0.15) is 9.13 Å². The number of para-hydroxylation sites is 8. The van der Waals surface area contributed by atoms with Crippen LogP contribution >= 0.6 is 0 Å². The van der Waals surface area contributed by atoms with Gasteiger partial charge in [0.25, 0.3) is 23.3 Å². The lowest BCUT2D eigenvalue weighted by atomic mass is 10.1. The summed E-state index contributed by atoms with van der Waals surface area (Å²) in [7, 11) is 0. The molecule has 14 aromatic rings. The minimum Gasteiger partial charge on any atom is -0.310 e. The Morgan fingerprint density at radius 2 is 0.548 bits per heavy atom. The van der Waals surface area contributed by atoms with Crippen molar-refractivity contribution in [3.63, 3.8) is 0 Å². The van der Waals surface area contributed by atoms with Crippen molar-refractivity contribution in [3.8, 4) is 0 Å². The van der Waals surface area contributed by atoms with Gasteiger partial charge in [-0.25, -0.2) is 0 Å². The maximum Gasteiger partial charge on any atom is 0.404 e. The Morgan fingerprint density at radius 1 is 0.237 bits per heavy atom. The van der Waals surface area contributed by atoms with Crippen LogP contribution in [-0.2, 0) is 5.91 Å². The first-order valence-electron chi connectivity index (χ1n) is 31.4. The van der Waals surface area contributed by atoms with E-state index >= 15 is 0 Å². The van der Waals surface area contributed by atoms with E-state index in [1.807, 2.05) is 0 Å². The lowest BCUT2D eigenvalue weighted by Crippen LogP contribution is -2.71. The van der Waals surface area contributed by atoms with Crippen LogP contribution in [0.3, 0.4) is 0 Å². The molecule has 0 N–H and O–H groups in total. The quantitative estimate of drug-likeness (QED) is 0.114. The second-order valence-corrected chi connectivity index (χ2v) is 23.9. The van der Waals surface area contributed by atoms with Gasteiger partial charge in [-0.3, -0.25) is 0 Å². The fourth-order valence-corrected chi connectivity index (χ4v) is 15.0. The van der Waals surface area contributed by atoms with E-state index in [0.717, 1.165) is 158 Å². The van der Waals surface area contributed by atoms with Crippen molar-refractivity contribution >= 4 is 125 Å². The third kappa shape index (κ3) is 7.25. The highest BCUT2D eigenvalue weighted by Gasteiger charge is 2.69. The van der Waals surface area contributed by atoms with E-state index in [4.69, 9.17) is 20.0 Å². The average molecular weight is 1190 g/mol. The monoisotopic (exact) mass is 1190 g/mol. The molecule has 0 aliphatic carbocycles. The first kappa shape index (κ1) is 51.1. The van der Waals surface area contributed by atoms with Crippen LogP contribution in [0.25, 0.3) is 21.5 Å². The van der Waals surface area contributed by atoms with Crippen LogP contribution in [0.2, 0.25) is 0 Å². The molecule has 1 atom stereocenters. The zero-order valence-corrected chi connectivity index (χ0v) is 49.9. The van der Waals surface area contributed by atoms with Crippen molar-refractivity contribution in [2.75, 3.05) is 19.6 Å². The van der Waals surface area contributed by atoms with Gasteiger partial charge >= 0.3 is 5.91 Å². The molecule has 0 amide bonds. The molecular weight excluding hydrogens is 1140 g/mol. The largest absolute Gasteiger partial charge is 0.404 e. The number of hydrogen-bond donors (Lipinski definition) is 0. The van der Waals surface area contributed by atoms with Crippen molar-refractivity contribution in [1.29, 1.82) is 0 Å². The number of fused-ring (bicyclic) bond motifs is 12. The van der Waals surface area contributed by atoms with Gasteiger partial charge in [0.05, 0.1) is 22.3 Å². The van der Waals surface area contributed by atoms with Gasteiger partial charge in [0, 0.05) is 89.8 Å². The molecule has 8 heterocycles. The Balaban J connectivity index is 0.918. The summed E-state index contributed by atoms with van der Waals surface area (Å²) in [5.41, 5.74) is 17.7. The van der Waals surface area contributed by atoms with Crippen LogP contribution in [0.4, 0.5) is 79.9 Å². The highest BCUT2D eigenvalue weighted by molar-refractivity contribution is 6.21. The Bertz CT molecular complexity index is 5570. The lowest BCUT2D eigenvalue weighted by Gasteiger charge is -2.40. The molecule has 0 fully saturated rings. The predicted molar refractivity (Wildman–Crippen MR) is 372 cm³/mol. The molecule has 1 unspecified atom stereocenters. The van der Waals surface area contributed by atoms with Crippen molar-refractivity contribution in [2.45, 2.75) is 5.91 Å². The summed E-state index contributed by atoms with van der Waals surface area (Å²) in [6.07, 6.45) is 0. The molecule has 2 aromatic heterocycles. The van der Waals surface area contributed by atoms with Crippen molar-refractivity contribution in [2.24, 2.45) is 20.0 Å². The molecule has 1 spiro atoms. The normalized spacial score (nSPS) is 15.4. The molecule has 20 rings (SSSR count). The van der Waals surface area contributed by atoms with Gasteiger partial charge in [-0.1, -0.05) is 166 Å². The zero-order valence-electron chi connectivity index (χ0n) is 49.9. The molecule has 0 saturated heterocycles. The molecule has 12 heteroatoms. The summed E-state index contributed by atoms with van der Waals surface area (Å²) >= 11 is 0. The highest BCUT2D eigenvalue weighted by atomic mass is 15.7. The average Bonchev–Trinajstić information content (AvgIpc) is 1.48. The second kappa shape index (κ2) is 19.6. The van der Waals surface area contributed by atoms with Crippen molar-refractivity contribution in [1.82, 2.24) is 9.13 Å². The van der Waals surface area contributed by atoms with Gasteiger partial charge in [0.15, 0.2) is 0 Å². The third-order valence-corrected chi connectivity index (χ3v) is 18.8. The summed E-state index contributed by atoms with van der Waals surface area (Å²) in [5.74, 6) is 3.34. The number of aliphatic imine (C=N–C) groups is 2. The number of anilines is 12. The van der Waals surface area contributed by atoms with Gasteiger partial charge in [0.1, 0.15) is 0 Å². The van der Waals surface area contributed by atoms with Gasteiger partial charge in [-0.05, 0) is 170 Å². The Kier molecular flexibility index (Phi) is 10.8. The van der Waals surface area contributed by atoms with E-state index < -0.39 is 5.91 Å². The SMILES string of the molecule is c1ccc(N(c2ccccc2)c2ccc3c(c2)C2=Nc4c5ccc(N(c6ccccc6)c6ccccc6)cc5c5n4C46n7c(c8ccc(N(c9ccccc9)c9ccccc9)cc8c7=NC3=[N+]24)=NC2=[N+]6C(=N5)c3ccc(N(c4ccccc4)c4ccccc4)cc32)cc1. The summed E-state index contributed by atoms with van der Waals surface area (Å²) in [4.78, 5) is 33.4. The first-order valence-corrected chi connectivity index (χ1v) is 31.4. The summed E-state index contributed by atoms with van der Waals surface area (Å²) in [5, 5.41) is 3.85. The predicted octanol–water partition coefficient (Wildman–Crippen LogP) is 17.6. The highest BCUT2D eigenvalue weighted by Crippen LogP contribution is 2.55. The minimum absolute atomic E-state index is 0.775. The van der Waals surface area contributed by atoms with E-state index in [1.54, 1.807) is 0 Å². The Morgan fingerprint density at radius 3 is 0.968 bits per heavy atom. The van der Waals surface area contributed by atoms with E-state index in [-0.39, 0.29) is 0 Å². The second-order valence-electron chi connectivity index (χ2n) is 23.9. The molecule has 434 valence electrons. The van der Waals surface area contributed by atoms with Crippen molar-refractivity contribution in [3.05, 3.63) is 349 Å². The van der Waals surface area contributed by atoms with Gasteiger partial charge in [0.2, 0.25) is 22.6 Å². The summed E-state index contributed by atoms with van der Waals surface area (Å²) in [6, 6.07) is 112. The van der Waals surface area contributed by atoms with Crippen LogP contribution < -0.4 is 30.6 Å². The van der Waals surface area contributed by atoms with Crippen LogP contribution in [0.1, 0.15) is 22.3 Å². The van der Waals surface area contributed by atoms with E-state index in [9.17, 15) is 0 Å². The molecule has 6 aliphatic rings. The molecule has 12 nitrogen and oxygen atoms in total. The third-order valence-electron chi connectivity index (χ3n) is 18.8. The van der Waals surface area contributed by atoms with Gasteiger partial charge in [-0.15, -0.1) is 9.15 Å². The number of nitrogens with zero attached hydrogens (tertiary/aromatic N) is 12. The fraction of sp³-hybridized carbons (Fsp3) is 0.0123.